The van der Waals surface area contributed by atoms with Crippen molar-refractivity contribution in [2.24, 2.45) is 5.73 Å². The molecule has 0 saturated heterocycles. The van der Waals surface area contributed by atoms with Gasteiger partial charge >= 0.3 is 0 Å². The van der Waals surface area contributed by atoms with E-state index in [1.807, 2.05) is 0 Å². The lowest BCUT2D eigenvalue weighted by Crippen LogP contribution is -2.33. The molecule has 36 heavy (non-hydrogen) atoms. The predicted molar refractivity (Wildman–Crippen MR) is 132 cm³/mol. The average Bonchev–Trinajstić information content (AvgIpc) is 3.32. The van der Waals surface area contributed by atoms with Crippen LogP contribution < -0.4 is 21.7 Å². The van der Waals surface area contributed by atoms with Crippen molar-refractivity contribution in [2.75, 3.05) is 16.0 Å². The summed E-state index contributed by atoms with van der Waals surface area (Å²) in [6, 6.07) is 6.84. The lowest BCUT2D eigenvalue weighted by atomic mass is 9.92. The van der Waals surface area contributed by atoms with Crippen LogP contribution in [0, 0.1) is 5.82 Å². The summed E-state index contributed by atoms with van der Waals surface area (Å²) in [6.45, 7) is 0. The average molecular weight is 490 g/mol. The molecule has 4 aromatic heterocycles. The zero-order valence-corrected chi connectivity index (χ0v) is 19.2. The molecule has 1 saturated carbocycles. The van der Waals surface area contributed by atoms with E-state index in [0.29, 0.717) is 34.8 Å². The Balaban J connectivity index is 1.50. The predicted octanol–water partition coefficient (Wildman–Crippen LogP) is 3.15. The SMILES string of the molecule is N[C@H]1CC[C@H](Nc2cc(Nc3ccc(C=O)cn3)c3ncc(C(=O)Nc4ccncc4F)n3n2)CC1. The van der Waals surface area contributed by atoms with Crippen LogP contribution in [0.5, 0.6) is 0 Å². The molecule has 12 heteroatoms. The first kappa shape index (κ1) is 23.3. The molecule has 0 bridgehead atoms. The number of imidazole rings is 1. The number of hydrogen-bond acceptors (Lipinski definition) is 9. The number of anilines is 4. The zero-order chi connectivity index (χ0) is 25.1. The van der Waals surface area contributed by atoms with Gasteiger partial charge in [-0.1, -0.05) is 0 Å². The second-order valence-corrected chi connectivity index (χ2v) is 8.61. The lowest BCUT2D eigenvalue weighted by molar-refractivity contribution is 0.101. The van der Waals surface area contributed by atoms with Crippen LogP contribution in [0.25, 0.3) is 5.65 Å². The largest absolute Gasteiger partial charge is 0.366 e. The molecule has 4 heterocycles. The highest BCUT2D eigenvalue weighted by molar-refractivity contribution is 6.03. The summed E-state index contributed by atoms with van der Waals surface area (Å²) in [5, 5.41) is 13.8. The number of halogens is 1. The van der Waals surface area contributed by atoms with E-state index in [-0.39, 0.29) is 23.5 Å². The van der Waals surface area contributed by atoms with Gasteiger partial charge < -0.3 is 21.7 Å². The zero-order valence-electron chi connectivity index (χ0n) is 19.2. The molecule has 0 spiro atoms. The van der Waals surface area contributed by atoms with Crippen molar-refractivity contribution in [3.05, 3.63) is 66.1 Å². The van der Waals surface area contributed by atoms with E-state index in [4.69, 9.17) is 5.73 Å². The van der Waals surface area contributed by atoms with Gasteiger partial charge in [0.25, 0.3) is 5.91 Å². The van der Waals surface area contributed by atoms with Crippen molar-refractivity contribution in [1.82, 2.24) is 24.6 Å². The number of fused-ring (bicyclic) bond motifs is 1. The molecule has 1 aliphatic carbocycles. The number of pyridine rings is 2. The van der Waals surface area contributed by atoms with Crippen LogP contribution in [0.4, 0.5) is 27.4 Å². The van der Waals surface area contributed by atoms with Crippen LogP contribution in [0.2, 0.25) is 0 Å². The second-order valence-electron chi connectivity index (χ2n) is 8.61. The smallest absolute Gasteiger partial charge is 0.276 e. The van der Waals surface area contributed by atoms with Crippen LogP contribution in [0.3, 0.4) is 0 Å². The Morgan fingerprint density at radius 3 is 2.61 bits per heavy atom. The van der Waals surface area contributed by atoms with E-state index in [1.54, 1.807) is 18.2 Å². The number of nitrogens with two attached hydrogens (primary N) is 1. The number of rotatable bonds is 7. The molecule has 4 aromatic rings. The Labute approximate surface area is 205 Å². The summed E-state index contributed by atoms with van der Waals surface area (Å²) >= 11 is 0. The fourth-order valence-corrected chi connectivity index (χ4v) is 4.11. The minimum absolute atomic E-state index is 0.00408. The minimum Gasteiger partial charge on any atom is -0.366 e. The monoisotopic (exact) mass is 489 g/mol. The Morgan fingerprint density at radius 2 is 1.89 bits per heavy atom. The van der Waals surface area contributed by atoms with Crippen molar-refractivity contribution in [1.29, 1.82) is 0 Å². The van der Waals surface area contributed by atoms with Crippen molar-refractivity contribution in [3.63, 3.8) is 0 Å². The second kappa shape index (κ2) is 10.0. The molecule has 11 nitrogen and oxygen atoms in total. The maximum Gasteiger partial charge on any atom is 0.276 e. The van der Waals surface area contributed by atoms with Crippen LogP contribution in [-0.4, -0.2) is 48.8 Å². The number of aromatic nitrogens is 5. The molecule has 0 atom stereocenters. The molecule has 0 aromatic carbocycles. The molecule has 0 unspecified atom stereocenters. The fourth-order valence-electron chi connectivity index (χ4n) is 4.11. The van der Waals surface area contributed by atoms with Crippen LogP contribution >= 0.6 is 0 Å². The van der Waals surface area contributed by atoms with Gasteiger partial charge in [0.2, 0.25) is 0 Å². The molecule has 0 radical (unpaired) electrons. The van der Waals surface area contributed by atoms with E-state index in [0.717, 1.165) is 31.9 Å². The first-order chi connectivity index (χ1) is 17.5. The van der Waals surface area contributed by atoms with Crippen molar-refractivity contribution in [2.45, 2.75) is 37.8 Å². The van der Waals surface area contributed by atoms with Gasteiger partial charge in [-0.2, -0.15) is 0 Å². The molecular weight excluding hydrogens is 465 g/mol. The van der Waals surface area contributed by atoms with E-state index in [1.165, 1.54) is 29.2 Å². The molecule has 184 valence electrons. The van der Waals surface area contributed by atoms with Crippen LogP contribution in [0.1, 0.15) is 46.5 Å². The standard InChI is InChI=1S/C24H24FN9O2/c25-17-11-27-8-7-18(17)32-24(36)20-12-29-23-19(31-21-6-1-14(13-35)10-28-21)9-22(33-34(20)23)30-16-4-2-15(26)3-5-16/h1,6-13,15-16H,2-5,26H2,(H,28,31)(H,30,33)(H,27,32,36)/t15-,16-. The van der Waals surface area contributed by atoms with E-state index in [2.05, 4.69) is 36.0 Å². The van der Waals surface area contributed by atoms with E-state index in [9.17, 15) is 14.0 Å². The van der Waals surface area contributed by atoms with Crippen molar-refractivity contribution in [3.8, 4) is 0 Å². The van der Waals surface area contributed by atoms with Gasteiger partial charge in [-0.05, 0) is 43.9 Å². The van der Waals surface area contributed by atoms with Crippen LogP contribution in [-0.2, 0) is 0 Å². The van der Waals surface area contributed by atoms with Crippen LogP contribution in [0.15, 0.2) is 49.1 Å². The van der Waals surface area contributed by atoms with Gasteiger partial charge in [0.05, 0.1) is 23.8 Å². The maximum atomic E-state index is 14.0. The fraction of sp³-hybridized carbons (Fsp3) is 0.250. The molecule has 1 aliphatic rings. The van der Waals surface area contributed by atoms with Gasteiger partial charge in [0, 0.05) is 36.1 Å². The molecule has 1 fully saturated rings. The molecule has 5 rings (SSSR count). The van der Waals surface area contributed by atoms with Gasteiger partial charge in [-0.3, -0.25) is 14.6 Å². The lowest BCUT2D eigenvalue weighted by Gasteiger charge is -2.27. The van der Waals surface area contributed by atoms with Gasteiger partial charge in [-0.25, -0.2) is 18.9 Å². The summed E-state index contributed by atoms with van der Waals surface area (Å²) in [4.78, 5) is 36.3. The van der Waals surface area contributed by atoms with Gasteiger partial charge in [0.15, 0.2) is 23.4 Å². The third kappa shape index (κ3) is 4.98. The number of hydrogen-bond donors (Lipinski definition) is 4. The molecule has 5 N–H and O–H groups in total. The van der Waals surface area contributed by atoms with E-state index >= 15 is 0 Å². The Hall–Kier alpha value is -4.45. The topological polar surface area (TPSA) is 152 Å². The quantitative estimate of drug-likeness (QED) is 0.287. The van der Waals surface area contributed by atoms with E-state index < -0.39 is 11.7 Å². The summed E-state index contributed by atoms with van der Waals surface area (Å²) in [7, 11) is 0. The summed E-state index contributed by atoms with van der Waals surface area (Å²) in [6.07, 6.45) is 9.56. The number of amides is 1. The molecule has 1 amide bonds. The minimum atomic E-state index is -0.655. The molecule has 0 aliphatic heterocycles. The van der Waals surface area contributed by atoms with Gasteiger partial charge in [0.1, 0.15) is 11.6 Å². The highest BCUT2D eigenvalue weighted by Gasteiger charge is 2.22. The molecular formula is C24H24FN9O2. The summed E-state index contributed by atoms with van der Waals surface area (Å²) < 4.78 is 15.4. The number of nitrogens with one attached hydrogen (secondary N) is 3. The summed E-state index contributed by atoms with van der Waals surface area (Å²) in [5.41, 5.74) is 7.50. The maximum absolute atomic E-state index is 14.0. The first-order valence-electron chi connectivity index (χ1n) is 11.5. The Kier molecular flexibility index (Phi) is 6.50. The third-order valence-electron chi connectivity index (χ3n) is 6.03. The number of carbonyl (C=O) groups is 2. The number of aldehydes is 1. The first-order valence-corrected chi connectivity index (χ1v) is 11.5. The normalized spacial score (nSPS) is 17.5. The Bertz CT molecular complexity index is 1400. The van der Waals surface area contributed by atoms with Gasteiger partial charge in [-0.15, -0.1) is 5.10 Å². The number of nitrogens with zero attached hydrogens (tertiary/aromatic N) is 5. The highest BCUT2D eigenvalue weighted by Crippen LogP contribution is 2.26. The third-order valence-corrected chi connectivity index (χ3v) is 6.03. The summed E-state index contributed by atoms with van der Waals surface area (Å²) in [5.74, 6) is -0.230. The number of carbonyl (C=O) groups excluding carboxylic acids is 2. The Morgan fingerprint density at radius 1 is 1.06 bits per heavy atom. The van der Waals surface area contributed by atoms with Crippen molar-refractivity contribution >= 4 is 40.9 Å². The highest BCUT2D eigenvalue weighted by atomic mass is 19.1. The van der Waals surface area contributed by atoms with Crippen molar-refractivity contribution < 1.29 is 14.0 Å².